The molecule has 0 amide bonds. The van der Waals surface area contributed by atoms with Crippen molar-refractivity contribution in [2.75, 3.05) is 5.75 Å². The predicted molar refractivity (Wildman–Crippen MR) is 71.1 cm³/mol. The SMILES string of the molecule is O=S(=O)(O/C(=C1/CCCS1)c1ccccc1)C(F)(F)F. The van der Waals surface area contributed by atoms with Crippen LogP contribution in [0.25, 0.3) is 5.76 Å². The van der Waals surface area contributed by atoms with Crippen LogP contribution in [-0.2, 0) is 14.3 Å². The zero-order chi connectivity index (χ0) is 14.8. The second-order valence-electron chi connectivity index (χ2n) is 4.05. The number of hydrogen-bond donors (Lipinski definition) is 0. The molecule has 2 rings (SSSR count). The van der Waals surface area contributed by atoms with E-state index in [9.17, 15) is 21.6 Å². The van der Waals surface area contributed by atoms with E-state index >= 15 is 0 Å². The van der Waals surface area contributed by atoms with Crippen LogP contribution in [0.15, 0.2) is 35.2 Å². The first-order valence-corrected chi connectivity index (χ1v) is 8.13. The molecule has 1 aromatic carbocycles. The van der Waals surface area contributed by atoms with Gasteiger partial charge < -0.3 is 4.18 Å². The van der Waals surface area contributed by atoms with Crippen LogP contribution in [-0.4, -0.2) is 19.7 Å². The van der Waals surface area contributed by atoms with E-state index < -0.39 is 15.6 Å². The Bertz CT molecular complexity index is 599. The summed E-state index contributed by atoms with van der Waals surface area (Å²) < 4.78 is 64.1. The molecule has 0 atom stereocenters. The molecule has 1 fully saturated rings. The Morgan fingerprint density at radius 1 is 1.20 bits per heavy atom. The van der Waals surface area contributed by atoms with Crippen molar-refractivity contribution in [3.8, 4) is 0 Å². The predicted octanol–water partition coefficient (Wildman–Crippen LogP) is 3.75. The Balaban J connectivity index is 2.43. The summed E-state index contributed by atoms with van der Waals surface area (Å²) in [6, 6.07) is 7.95. The molecular weight excluding hydrogens is 313 g/mol. The fourth-order valence-corrected chi connectivity index (χ4v) is 3.36. The van der Waals surface area contributed by atoms with Crippen LogP contribution in [0.5, 0.6) is 0 Å². The van der Waals surface area contributed by atoms with Gasteiger partial charge in [0.2, 0.25) is 0 Å². The maximum absolute atomic E-state index is 12.5. The maximum atomic E-state index is 12.5. The molecule has 8 heteroatoms. The molecule has 1 aliphatic rings. The summed E-state index contributed by atoms with van der Waals surface area (Å²) in [5.74, 6) is 0.520. The summed E-state index contributed by atoms with van der Waals surface area (Å²) in [5, 5.41) is 0. The van der Waals surface area contributed by atoms with Crippen molar-refractivity contribution in [2.24, 2.45) is 0 Å². The van der Waals surface area contributed by atoms with E-state index in [4.69, 9.17) is 0 Å². The molecule has 0 unspecified atom stereocenters. The maximum Gasteiger partial charge on any atom is 0.534 e. The molecule has 3 nitrogen and oxygen atoms in total. The number of halogens is 3. The van der Waals surface area contributed by atoms with Gasteiger partial charge in [-0.15, -0.1) is 11.8 Å². The van der Waals surface area contributed by atoms with Crippen LogP contribution in [0.4, 0.5) is 13.2 Å². The third-order valence-corrected chi connectivity index (χ3v) is 4.77. The minimum absolute atomic E-state index is 0.217. The lowest BCUT2D eigenvalue weighted by atomic mass is 10.1. The number of thioether (sulfide) groups is 1. The van der Waals surface area contributed by atoms with Crippen LogP contribution in [0, 0.1) is 0 Å². The summed E-state index contributed by atoms with van der Waals surface area (Å²) in [7, 11) is -5.65. The normalized spacial score (nSPS) is 18.9. The molecule has 0 aliphatic carbocycles. The monoisotopic (exact) mass is 324 g/mol. The van der Waals surface area contributed by atoms with Crippen LogP contribution < -0.4 is 0 Å². The Hall–Kier alpha value is -1.15. The highest BCUT2D eigenvalue weighted by atomic mass is 32.2. The van der Waals surface area contributed by atoms with Gasteiger partial charge in [-0.2, -0.15) is 21.6 Å². The molecule has 1 saturated heterocycles. The van der Waals surface area contributed by atoms with E-state index in [0.717, 1.165) is 12.2 Å². The zero-order valence-corrected chi connectivity index (χ0v) is 11.8. The summed E-state index contributed by atoms with van der Waals surface area (Å²) >= 11 is 1.32. The van der Waals surface area contributed by atoms with E-state index in [-0.39, 0.29) is 5.76 Å². The first-order chi connectivity index (χ1) is 9.31. The first-order valence-electron chi connectivity index (χ1n) is 5.73. The molecule has 0 N–H and O–H groups in total. The van der Waals surface area contributed by atoms with Crippen molar-refractivity contribution in [2.45, 2.75) is 18.3 Å². The average molecular weight is 324 g/mol. The molecule has 0 radical (unpaired) electrons. The molecule has 1 aromatic rings. The summed E-state index contributed by atoms with van der Waals surface area (Å²) in [6.45, 7) is 0. The standard InChI is InChI=1S/C12H11F3O3S2/c13-12(14,15)20(16,17)18-11(10-7-4-8-19-10)9-5-2-1-3-6-9/h1-3,5-6H,4,7-8H2/b11-10-. The van der Waals surface area contributed by atoms with Crippen LogP contribution in [0.2, 0.25) is 0 Å². The highest BCUT2D eigenvalue weighted by Gasteiger charge is 2.49. The molecule has 1 aliphatic heterocycles. The van der Waals surface area contributed by atoms with Crippen LogP contribution >= 0.6 is 11.8 Å². The van der Waals surface area contributed by atoms with E-state index in [1.54, 1.807) is 18.2 Å². The van der Waals surface area contributed by atoms with Crippen LogP contribution in [0.3, 0.4) is 0 Å². The van der Waals surface area contributed by atoms with Gasteiger partial charge in [0.1, 0.15) is 0 Å². The Labute approximate surface area is 118 Å². The van der Waals surface area contributed by atoms with Gasteiger partial charge in [0.15, 0.2) is 5.76 Å². The highest BCUT2D eigenvalue weighted by Crippen LogP contribution is 2.39. The van der Waals surface area contributed by atoms with Crippen molar-refractivity contribution < 1.29 is 25.8 Å². The minimum atomic E-state index is -5.65. The fraction of sp³-hybridized carbons (Fsp3) is 0.333. The molecule has 0 aromatic heterocycles. The van der Waals surface area contributed by atoms with Crippen molar-refractivity contribution >= 4 is 27.6 Å². The lowest BCUT2D eigenvalue weighted by Crippen LogP contribution is -2.25. The minimum Gasteiger partial charge on any atom is -0.375 e. The summed E-state index contributed by atoms with van der Waals surface area (Å²) in [4.78, 5) is 0.532. The Kier molecular flexibility index (Phi) is 4.33. The lowest BCUT2D eigenvalue weighted by molar-refractivity contribution is -0.0509. The van der Waals surface area contributed by atoms with Crippen molar-refractivity contribution in [3.63, 3.8) is 0 Å². The molecule has 0 saturated carbocycles. The molecular formula is C12H11F3O3S2. The third kappa shape index (κ3) is 3.29. The number of alkyl halides is 3. The van der Waals surface area contributed by atoms with Crippen LogP contribution in [0.1, 0.15) is 18.4 Å². The summed E-state index contributed by atoms with van der Waals surface area (Å²) in [5.41, 5.74) is -5.11. The molecule has 0 spiro atoms. The van der Waals surface area contributed by atoms with E-state index in [1.165, 1.54) is 23.9 Å². The summed E-state index contributed by atoms with van der Waals surface area (Å²) in [6.07, 6.45) is 1.30. The highest BCUT2D eigenvalue weighted by molar-refractivity contribution is 8.03. The zero-order valence-electron chi connectivity index (χ0n) is 10.2. The van der Waals surface area contributed by atoms with Gasteiger partial charge in [0, 0.05) is 10.5 Å². The average Bonchev–Trinajstić information content (AvgIpc) is 2.89. The van der Waals surface area contributed by atoms with Gasteiger partial charge in [-0.05, 0) is 18.6 Å². The van der Waals surface area contributed by atoms with E-state index in [0.29, 0.717) is 16.9 Å². The third-order valence-electron chi connectivity index (χ3n) is 2.59. The van der Waals surface area contributed by atoms with E-state index in [2.05, 4.69) is 4.18 Å². The smallest absolute Gasteiger partial charge is 0.375 e. The quantitative estimate of drug-likeness (QED) is 0.482. The first kappa shape index (κ1) is 15.2. The molecule has 20 heavy (non-hydrogen) atoms. The van der Waals surface area contributed by atoms with Gasteiger partial charge >= 0.3 is 15.6 Å². The van der Waals surface area contributed by atoms with Gasteiger partial charge in [0.05, 0.1) is 0 Å². The van der Waals surface area contributed by atoms with Gasteiger partial charge in [0.25, 0.3) is 0 Å². The van der Waals surface area contributed by atoms with Gasteiger partial charge in [-0.3, -0.25) is 0 Å². The van der Waals surface area contributed by atoms with E-state index in [1.807, 2.05) is 0 Å². The van der Waals surface area contributed by atoms with Gasteiger partial charge in [-0.1, -0.05) is 30.3 Å². The number of benzene rings is 1. The van der Waals surface area contributed by atoms with Crippen molar-refractivity contribution in [3.05, 3.63) is 40.8 Å². The second kappa shape index (κ2) is 5.69. The fourth-order valence-electron chi connectivity index (χ4n) is 1.68. The molecule has 110 valence electrons. The largest absolute Gasteiger partial charge is 0.534 e. The lowest BCUT2D eigenvalue weighted by Gasteiger charge is -2.14. The topological polar surface area (TPSA) is 43.4 Å². The Morgan fingerprint density at radius 3 is 2.35 bits per heavy atom. The second-order valence-corrected chi connectivity index (χ2v) is 6.78. The van der Waals surface area contributed by atoms with Crippen molar-refractivity contribution in [1.82, 2.24) is 0 Å². The van der Waals surface area contributed by atoms with Gasteiger partial charge in [-0.25, -0.2) is 0 Å². The number of allylic oxidation sites excluding steroid dienone is 1. The van der Waals surface area contributed by atoms with Crippen molar-refractivity contribution in [1.29, 1.82) is 0 Å². The molecule has 1 heterocycles. The number of hydrogen-bond acceptors (Lipinski definition) is 4. The molecule has 0 bridgehead atoms. The number of rotatable bonds is 3. The Morgan fingerprint density at radius 2 is 1.85 bits per heavy atom.